The minimum absolute atomic E-state index is 0.0326. The lowest BCUT2D eigenvalue weighted by Crippen LogP contribution is -2.53. The second kappa shape index (κ2) is 9.89. The highest BCUT2D eigenvalue weighted by Gasteiger charge is 2.29. The highest BCUT2D eigenvalue weighted by molar-refractivity contribution is 6.31. The van der Waals surface area contributed by atoms with Crippen LogP contribution in [0, 0.1) is 5.82 Å². The number of hydrogen-bond donors (Lipinski definition) is 2. The van der Waals surface area contributed by atoms with Gasteiger partial charge >= 0.3 is 0 Å². The number of amides is 1. The number of fused-ring (bicyclic) bond motifs is 1. The third-order valence-electron chi connectivity index (χ3n) is 4.81. The molecule has 0 unspecified atom stereocenters. The van der Waals surface area contributed by atoms with E-state index in [1.54, 1.807) is 31.3 Å². The summed E-state index contributed by atoms with van der Waals surface area (Å²) in [5.74, 6) is -0.129. The number of likely N-dealkylation sites (tertiary alicyclic amines) is 1. The summed E-state index contributed by atoms with van der Waals surface area (Å²) in [5.41, 5.74) is 0.461. The highest BCUT2D eigenvalue weighted by atomic mass is 35.5. The van der Waals surface area contributed by atoms with Gasteiger partial charge in [0.2, 0.25) is 0 Å². The quantitative estimate of drug-likeness (QED) is 0.627. The van der Waals surface area contributed by atoms with Crippen molar-refractivity contribution in [3.63, 3.8) is 0 Å². The number of ether oxygens (including phenoxy) is 1. The number of aromatic nitrogens is 2. The SMILES string of the molecule is CC.CNC(=O)c1ccc(OC2CN(Cc3ccc4cc(Cl)c(=O)[nH]c4c3F)C2)cn1. The van der Waals surface area contributed by atoms with Gasteiger partial charge in [-0.15, -0.1) is 0 Å². The summed E-state index contributed by atoms with van der Waals surface area (Å²) < 4.78 is 20.6. The molecule has 2 aromatic heterocycles. The maximum absolute atomic E-state index is 14.8. The zero-order valence-electron chi connectivity index (χ0n) is 17.5. The third kappa shape index (κ3) is 5.03. The molecule has 3 aromatic rings. The Hall–Kier alpha value is -2.97. The maximum atomic E-state index is 14.8. The van der Waals surface area contributed by atoms with Crippen LogP contribution in [-0.2, 0) is 6.54 Å². The molecule has 0 spiro atoms. The molecule has 1 aliphatic rings. The number of carbonyl (C=O) groups excluding carboxylic acids is 1. The van der Waals surface area contributed by atoms with E-state index in [0.717, 1.165) is 0 Å². The summed E-state index contributed by atoms with van der Waals surface area (Å²) >= 11 is 5.80. The van der Waals surface area contributed by atoms with Crippen LogP contribution in [-0.4, -0.2) is 47.0 Å². The molecule has 1 aliphatic heterocycles. The lowest BCUT2D eigenvalue weighted by atomic mass is 10.1. The summed E-state index contributed by atoms with van der Waals surface area (Å²) in [5, 5.41) is 3.09. The number of halogens is 2. The lowest BCUT2D eigenvalue weighted by molar-refractivity contribution is 0.0138. The molecular weight excluding hydrogens is 423 g/mol. The van der Waals surface area contributed by atoms with Gasteiger partial charge in [0.15, 0.2) is 5.82 Å². The van der Waals surface area contributed by atoms with Crippen LogP contribution in [0.15, 0.2) is 41.3 Å². The molecule has 1 saturated heterocycles. The number of rotatable bonds is 5. The van der Waals surface area contributed by atoms with Crippen molar-refractivity contribution in [2.75, 3.05) is 20.1 Å². The van der Waals surface area contributed by atoms with Crippen LogP contribution in [0.3, 0.4) is 0 Å². The van der Waals surface area contributed by atoms with Gasteiger partial charge in [0.1, 0.15) is 22.6 Å². The van der Waals surface area contributed by atoms with Gasteiger partial charge in [0, 0.05) is 37.6 Å². The fourth-order valence-corrected chi connectivity index (χ4v) is 3.42. The monoisotopic (exact) mass is 446 g/mol. The van der Waals surface area contributed by atoms with E-state index in [0.29, 0.717) is 42.0 Å². The Morgan fingerprint density at radius 1 is 1.32 bits per heavy atom. The summed E-state index contributed by atoms with van der Waals surface area (Å²) in [6.45, 7) is 5.66. The fourth-order valence-electron chi connectivity index (χ4n) is 3.25. The minimum Gasteiger partial charge on any atom is -0.486 e. The maximum Gasteiger partial charge on any atom is 0.269 e. The Kier molecular flexibility index (Phi) is 7.25. The fraction of sp³-hybridized carbons (Fsp3) is 0.318. The molecule has 1 amide bonds. The number of pyridine rings is 2. The zero-order chi connectivity index (χ0) is 22.5. The van der Waals surface area contributed by atoms with Gasteiger partial charge in [0.05, 0.1) is 11.7 Å². The van der Waals surface area contributed by atoms with Crippen LogP contribution < -0.4 is 15.6 Å². The molecule has 0 bridgehead atoms. The molecule has 3 heterocycles. The van der Waals surface area contributed by atoms with Crippen molar-refractivity contribution in [3.05, 3.63) is 69.0 Å². The smallest absolute Gasteiger partial charge is 0.269 e. The Labute approximate surface area is 184 Å². The average Bonchev–Trinajstić information content (AvgIpc) is 2.76. The van der Waals surface area contributed by atoms with Crippen molar-refractivity contribution in [2.45, 2.75) is 26.5 Å². The standard InChI is InChI=1S/C20H18ClFN4O3.C2H6/c1-23-20(28)16-5-4-13(7-24-16)29-14-9-26(10-14)8-12-3-2-11-6-15(21)19(27)25-18(11)17(12)22;1-2/h2-7,14H,8-10H2,1H3,(H,23,28)(H,25,27);1-2H3. The number of nitrogens with zero attached hydrogens (tertiary/aromatic N) is 2. The Morgan fingerprint density at radius 2 is 2.06 bits per heavy atom. The minimum atomic E-state index is -0.510. The molecule has 0 aliphatic carbocycles. The van der Waals surface area contributed by atoms with E-state index < -0.39 is 11.4 Å². The molecule has 0 radical (unpaired) electrons. The van der Waals surface area contributed by atoms with E-state index in [4.69, 9.17) is 16.3 Å². The van der Waals surface area contributed by atoms with E-state index in [1.165, 1.54) is 12.3 Å². The van der Waals surface area contributed by atoms with Crippen molar-refractivity contribution >= 4 is 28.4 Å². The summed E-state index contributed by atoms with van der Waals surface area (Å²) in [7, 11) is 1.54. The molecule has 1 aromatic carbocycles. The van der Waals surface area contributed by atoms with Crippen LogP contribution in [0.5, 0.6) is 5.75 Å². The van der Waals surface area contributed by atoms with Gasteiger partial charge in [-0.05, 0) is 18.2 Å². The normalized spacial score (nSPS) is 13.8. The Bertz CT molecular complexity index is 1130. The first-order chi connectivity index (χ1) is 14.9. The number of nitrogens with one attached hydrogen (secondary N) is 2. The number of carbonyl (C=O) groups is 1. The molecule has 31 heavy (non-hydrogen) atoms. The topological polar surface area (TPSA) is 87.3 Å². The molecule has 7 nitrogen and oxygen atoms in total. The van der Waals surface area contributed by atoms with Crippen molar-refractivity contribution in [2.24, 2.45) is 0 Å². The largest absolute Gasteiger partial charge is 0.486 e. The molecule has 0 atom stereocenters. The molecule has 2 N–H and O–H groups in total. The van der Waals surface area contributed by atoms with Gasteiger partial charge in [-0.25, -0.2) is 9.37 Å². The summed E-state index contributed by atoms with van der Waals surface area (Å²) in [6.07, 6.45) is 1.47. The summed E-state index contributed by atoms with van der Waals surface area (Å²) in [6, 6.07) is 8.19. The molecular formula is C22H24ClFN4O3. The van der Waals surface area contributed by atoms with E-state index in [-0.39, 0.29) is 22.6 Å². The van der Waals surface area contributed by atoms with Crippen LogP contribution in [0.1, 0.15) is 29.9 Å². The van der Waals surface area contributed by atoms with Crippen molar-refractivity contribution in [3.8, 4) is 5.75 Å². The van der Waals surface area contributed by atoms with E-state index in [9.17, 15) is 14.0 Å². The van der Waals surface area contributed by atoms with Crippen molar-refractivity contribution in [1.82, 2.24) is 20.2 Å². The second-order valence-corrected chi connectivity index (χ2v) is 7.25. The molecule has 9 heteroatoms. The van der Waals surface area contributed by atoms with E-state index in [1.807, 2.05) is 18.7 Å². The van der Waals surface area contributed by atoms with E-state index in [2.05, 4.69) is 15.3 Å². The molecule has 164 valence electrons. The average molecular weight is 447 g/mol. The first-order valence-electron chi connectivity index (χ1n) is 10.0. The highest BCUT2D eigenvalue weighted by Crippen LogP contribution is 2.24. The molecule has 4 rings (SSSR count). The molecule has 0 saturated carbocycles. The summed E-state index contributed by atoms with van der Waals surface area (Å²) in [4.78, 5) is 31.8. The Balaban J connectivity index is 0.00000132. The first kappa shape index (κ1) is 22.7. The zero-order valence-corrected chi connectivity index (χ0v) is 18.3. The van der Waals surface area contributed by atoms with Gasteiger partial charge in [-0.1, -0.05) is 37.6 Å². The molecule has 1 fully saturated rings. The number of aromatic amines is 1. The van der Waals surface area contributed by atoms with Crippen LogP contribution in [0.4, 0.5) is 4.39 Å². The number of H-pyrrole nitrogens is 1. The van der Waals surface area contributed by atoms with Crippen LogP contribution in [0.25, 0.3) is 10.9 Å². The van der Waals surface area contributed by atoms with Gasteiger partial charge in [-0.2, -0.15) is 0 Å². The van der Waals surface area contributed by atoms with Crippen molar-refractivity contribution in [1.29, 1.82) is 0 Å². The Morgan fingerprint density at radius 3 is 2.71 bits per heavy atom. The predicted molar refractivity (Wildman–Crippen MR) is 118 cm³/mol. The van der Waals surface area contributed by atoms with Crippen LogP contribution in [0.2, 0.25) is 5.02 Å². The van der Waals surface area contributed by atoms with Gasteiger partial charge in [-0.3, -0.25) is 14.5 Å². The van der Waals surface area contributed by atoms with Crippen LogP contribution >= 0.6 is 11.6 Å². The lowest BCUT2D eigenvalue weighted by Gasteiger charge is -2.39. The van der Waals surface area contributed by atoms with E-state index >= 15 is 0 Å². The van der Waals surface area contributed by atoms with Gasteiger partial charge < -0.3 is 15.0 Å². The third-order valence-corrected chi connectivity index (χ3v) is 5.09. The number of hydrogen-bond acceptors (Lipinski definition) is 5. The first-order valence-corrected chi connectivity index (χ1v) is 10.4. The number of benzene rings is 1. The van der Waals surface area contributed by atoms with Gasteiger partial charge in [0.25, 0.3) is 11.5 Å². The second-order valence-electron chi connectivity index (χ2n) is 6.84. The van der Waals surface area contributed by atoms with Crippen molar-refractivity contribution < 1.29 is 13.9 Å². The predicted octanol–water partition coefficient (Wildman–Crippen LogP) is 3.36.